The molecule has 1 saturated heterocycles. The van der Waals surface area contributed by atoms with Gasteiger partial charge in [0.2, 0.25) is 10.0 Å². The second kappa shape index (κ2) is 7.22. The molecule has 1 aliphatic heterocycles. The average molecular weight is 380 g/mol. The molecule has 1 amide bonds. The molecule has 0 aliphatic carbocycles. The van der Waals surface area contributed by atoms with Crippen LogP contribution in [0.3, 0.4) is 0 Å². The molecule has 0 aromatic carbocycles. The van der Waals surface area contributed by atoms with Gasteiger partial charge in [-0.15, -0.1) is 0 Å². The number of aromatic nitrogens is 2. The maximum Gasteiger partial charge on any atom is 0.354 e. The summed E-state index contributed by atoms with van der Waals surface area (Å²) in [5.41, 5.74) is 0.308. The normalized spacial score (nSPS) is 15.8. The summed E-state index contributed by atoms with van der Waals surface area (Å²) in [6.45, 7) is 0.731. The van der Waals surface area contributed by atoms with Crippen LogP contribution in [-0.2, 0) is 15.8 Å². The third-order valence-electron chi connectivity index (χ3n) is 3.97. The molecule has 1 aliphatic rings. The van der Waals surface area contributed by atoms with Gasteiger partial charge < -0.3 is 14.5 Å². The van der Waals surface area contributed by atoms with Gasteiger partial charge in [0, 0.05) is 44.0 Å². The van der Waals surface area contributed by atoms with E-state index in [0.717, 1.165) is 0 Å². The summed E-state index contributed by atoms with van der Waals surface area (Å²) >= 11 is 0. The zero-order chi connectivity index (χ0) is 18.7. The summed E-state index contributed by atoms with van der Waals surface area (Å²) in [4.78, 5) is 28.6. The topological polar surface area (TPSA) is 134 Å². The minimum atomic E-state index is -3.55. The van der Waals surface area contributed by atoms with E-state index in [1.807, 2.05) is 0 Å². The minimum absolute atomic E-state index is 0.156. The number of carbonyl (C=O) groups excluding carboxylic acids is 1. The maximum atomic E-state index is 12.5. The number of carboxylic acid groups (broad SMARTS) is 1. The van der Waals surface area contributed by atoms with Crippen molar-refractivity contribution in [2.24, 2.45) is 0 Å². The van der Waals surface area contributed by atoms with Crippen LogP contribution in [0, 0.1) is 0 Å². The number of rotatable bonds is 5. The molecule has 2 aromatic rings. The van der Waals surface area contributed by atoms with Gasteiger partial charge in [-0.3, -0.25) is 4.79 Å². The lowest BCUT2D eigenvalue weighted by molar-refractivity contribution is 0.0690. The fourth-order valence-corrected chi connectivity index (χ4v) is 4.05. The molecule has 0 bridgehead atoms. The van der Waals surface area contributed by atoms with E-state index in [-0.39, 0.29) is 49.1 Å². The van der Waals surface area contributed by atoms with Gasteiger partial charge in [0.05, 0.1) is 5.69 Å². The van der Waals surface area contributed by atoms with Crippen LogP contribution < -0.4 is 0 Å². The van der Waals surface area contributed by atoms with E-state index in [1.54, 1.807) is 0 Å². The highest BCUT2D eigenvalue weighted by molar-refractivity contribution is 7.88. The summed E-state index contributed by atoms with van der Waals surface area (Å²) in [6, 6.07) is 4.13. The van der Waals surface area contributed by atoms with Gasteiger partial charge >= 0.3 is 5.97 Å². The Morgan fingerprint density at radius 3 is 2.54 bits per heavy atom. The SMILES string of the molecule is O=C(O)c1cc(C(=O)N2CCN(S(=O)(=O)Cc3ccon3)CC2)ccn1. The monoisotopic (exact) mass is 380 g/mol. The van der Waals surface area contributed by atoms with Crippen molar-refractivity contribution in [2.75, 3.05) is 26.2 Å². The molecule has 3 heterocycles. The molecule has 0 atom stereocenters. The Bertz CT molecular complexity index is 904. The fraction of sp³-hybridized carbons (Fsp3) is 0.333. The number of hydrogen-bond acceptors (Lipinski definition) is 7. The van der Waals surface area contributed by atoms with Gasteiger partial charge in [0.1, 0.15) is 17.7 Å². The van der Waals surface area contributed by atoms with Gasteiger partial charge in [-0.25, -0.2) is 18.2 Å². The van der Waals surface area contributed by atoms with Gasteiger partial charge in [0.15, 0.2) is 0 Å². The molecule has 1 fully saturated rings. The maximum absolute atomic E-state index is 12.5. The zero-order valence-corrected chi connectivity index (χ0v) is 14.4. The predicted molar refractivity (Wildman–Crippen MR) is 87.8 cm³/mol. The third kappa shape index (κ3) is 3.89. The first kappa shape index (κ1) is 18.0. The molecule has 1 N–H and O–H groups in total. The van der Waals surface area contributed by atoms with Crippen molar-refractivity contribution >= 4 is 21.9 Å². The molecule has 0 radical (unpaired) electrons. The van der Waals surface area contributed by atoms with Crippen molar-refractivity contribution in [3.8, 4) is 0 Å². The highest BCUT2D eigenvalue weighted by atomic mass is 32.2. The van der Waals surface area contributed by atoms with Crippen LogP contribution in [0.25, 0.3) is 0 Å². The van der Waals surface area contributed by atoms with Crippen molar-refractivity contribution in [1.29, 1.82) is 0 Å². The number of carbonyl (C=O) groups is 2. The first-order chi connectivity index (χ1) is 12.4. The van der Waals surface area contributed by atoms with Crippen LogP contribution in [0.1, 0.15) is 26.5 Å². The van der Waals surface area contributed by atoms with Crippen LogP contribution in [0.15, 0.2) is 35.2 Å². The van der Waals surface area contributed by atoms with Crippen molar-refractivity contribution in [3.05, 3.63) is 47.6 Å². The molecule has 138 valence electrons. The number of pyridine rings is 1. The number of sulfonamides is 1. The Hall–Kier alpha value is -2.79. The predicted octanol–water partition coefficient (Wildman–Crippen LogP) is 0.0556. The number of piperazine rings is 1. The summed E-state index contributed by atoms with van der Waals surface area (Å²) in [5, 5.41) is 12.6. The van der Waals surface area contributed by atoms with Crippen molar-refractivity contribution in [2.45, 2.75) is 5.75 Å². The quantitative estimate of drug-likeness (QED) is 0.769. The van der Waals surface area contributed by atoms with E-state index in [1.165, 1.54) is 39.9 Å². The molecule has 0 saturated carbocycles. The molecule has 26 heavy (non-hydrogen) atoms. The van der Waals surface area contributed by atoms with Crippen LogP contribution in [0.4, 0.5) is 0 Å². The van der Waals surface area contributed by atoms with Gasteiger partial charge in [-0.2, -0.15) is 4.31 Å². The molecular formula is C15H16N4O6S. The Kier molecular flexibility index (Phi) is 5.00. The second-order valence-electron chi connectivity index (χ2n) is 5.67. The lowest BCUT2D eigenvalue weighted by Crippen LogP contribution is -2.50. The Morgan fingerprint density at radius 1 is 1.19 bits per heavy atom. The lowest BCUT2D eigenvalue weighted by Gasteiger charge is -2.33. The van der Waals surface area contributed by atoms with E-state index in [4.69, 9.17) is 5.11 Å². The number of carboxylic acids is 1. The molecular weight excluding hydrogens is 364 g/mol. The first-order valence-corrected chi connectivity index (χ1v) is 9.33. The summed E-state index contributed by atoms with van der Waals surface area (Å²) < 4.78 is 30.7. The fourth-order valence-electron chi connectivity index (χ4n) is 2.62. The molecule has 0 spiro atoms. The zero-order valence-electron chi connectivity index (χ0n) is 13.6. The van der Waals surface area contributed by atoms with Crippen molar-refractivity contribution in [3.63, 3.8) is 0 Å². The summed E-state index contributed by atoms with van der Waals surface area (Å²) in [7, 11) is -3.55. The number of nitrogens with zero attached hydrogens (tertiary/aromatic N) is 4. The van der Waals surface area contributed by atoms with Crippen LogP contribution in [0.5, 0.6) is 0 Å². The third-order valence-corrected chi connectivity index (χ3v) is 5.78. The number of hydrogen-bond donors (Lipinski definition) is 1. The van der Waals surface area contributed by atoms with Crippen LogP contribution in [-0.4, -0.2) is 70.9 Å². The van der Waals surface area contributed by atoms with Crippen LogP contribution in [0.2, 0.25) is 0 Å². The molecule has 3 rings (SSSR count). The average Bonchev–Trinajstić information content (AvgIpc) is 3.13. The molecule has 2 aromatic heterocycles. The largest absolute Gasteiger partial charge is 0.477 e. The van der Waals surface area contributed by atoms with Crippen molar-refractivity contribution in [1.82, 2.24) is 19.3 Å². The van der Waals surface area contributed by atoms with E-state index in [2.05, 4.69) is 14.7 Å². The molecule has 0 unspecified atom stereocenters. The van der Waals surface area contributed by atoms with E-state index >= 15 is 0 Å². The Balaban J connectivity index is 1.64. The van der Waals surface area contributed by atoms with E-state index in [9.17, 15) is 18.0 Å². The highest BCUT2D eigenvalue weighted by Crippen LogP contribution is 2.15. The summed E-state index contributed by atoms with van der Waals surface area (Å²) in [6.07, 6.45) is 2.57. The Labute approximate surface area is 149 Å². The minimum Gasteiger partial charge on any atom is -0.477 e. The lowest BCUT2D eigenvalue weighted by atomic mass is 10.2. The Morgan fingerprint density at radius 2 is 1.92 bits per heavy atom. The van der Waals surface area contributed by atoms with Gasteiger partial charge in [0.25, 0.3) is 5.91 Å². The number of aromatic carboxylic acids is 1. The number of amides is 1. The van der Waals surface area contributed by atoms with Crippen LogP contribution >= 0.6 is 0 Å². The smallest absolute Gasteiger partial charge is 0.354 e. The van der Waals surface area contributed by atoms with E-state index < -0.39 is 16.0 Å². The van der Waals surface area contributed by atoms with Gasteiger partial charge in [-0.1, -0.05) is 5.16 Å². The standard InChI is InChI=1S/C15H16N4O6S/c20-14(11-1-3-16-13(9-11)15(21)22)18-4-6-19(7-5-18)26(23,24)10-12-2-8-25-17-12/h1-3,8-9H,4-7,10H2,(H,21,22). The highest BCUT2D eigenvalue weighted by Gasteiger charge is 2.30. The van der Waals surface area contributed by atoms with Gasteiger partial charge in [-0.05, 0) is 12.1 Å². The van der Waals surface area contributed by atoms with Crippen molar-refractivity contribution < 1.29 is 27.6 Å². The molecule has 10 nitrogen and oxygen atoms in total. The second-order valence-corrected chi connectivity index (χ2v) is 7.64. The van der Waals surface area contributed by atoms with E-state index in [0.29, 0.717) is 5.69 Å². The molecule has 11 heteroatoms. The summed E-state index contributed by atoms with van der Waals surface area (Å²) in [5.74, 6) is -1.84. The first-order valence-electron chi connectivity index (χ1n) is 7.72.